The number of ether oxygens (including phenoxy) is 2. The van der Waals surface area contributed by atoms with Crippen LogP contribution < -0.4 is 4.74 Å². The lowest BCUT2D eigenvalue weighted by molar-refractivity contribution is 0.327. The SMILES string of the molecule is COc1ccc(CCOC(=S)S)cc1. The lowest BCUT2D eigenvalue weighted by Crippen LogP contribution is -1.99. The van der Waals surface area contributed by atoms with E-state index in [1.807, 2.05) is 24.3 Å². The maximum absolute atomic E-state index is 5.07. The van der Waals surface area contributed by atoms with Crippen LogP contribution in [0.5, 0.6) is 5.75 Å². The smallest absolute Gasteiger partial charge is 0.216 e. The van der Waals surface area contributed by atoms with Crippen LogP contribution in [0.4, 0.5) is 0 Å². The average Bonchev–Trinajstić information content (AvgIpc) is 2.18. The van der Waals surface area contributed by atoms with Crippen molar-refractivity contribution in [2.45, 2.75) is 6.42 Å². The maximum Gasteiger partial charge on any atom is 0.216 e. The van der Waals surface area contributed by atoms with Crippen molar-refractivity contribution in [2.24, 2.45) is 0 Å². The molecule has 0 fully saturated rings. The Labute approximate surface area is 94.6 Å². The van der Waals surface area contributed by atoms with Crippen LogP contribution >= 0.6 is 24.8 Å². The van der Waals surface area contributed by atoms with E-state index in [4.69, 9.17) is 9.47 Å². The van der Waals surface area contributed by atoms with Gasteiger partial charge < -0.3 is 9.47 Å². The molecule has 0 aliphatic carbocycles. The monoisotopic (exact) mass is 228 g/mol. The molecule has 0 unspecified atom stereocenters. The van der Waals surface area contributed by atoms with E-state index < -0.39 is 0 Å². The van der Waals surface area contributed by atoms with Crippen LogP contribution in [0.1, 0.15) is 5.56 Å². The minimum absolute atomic E-state index is 0.290. The second kappa shape index (κ2) is 5.88. The molecule has 1 rings (SSSR count). The highest BCUT2D eigenvalue weighted by Crippen LogP contribution is 2.11. The molecule has 0 aliphatic heterocycles. The topological polar surface area (TPSA) is 18.5 Å². The van der Waals surface area contributed by atoms with Crippen LogP contribution in [0.2, 0.25) is 0 Å². The van der Waals surface area contributed by atoms with Gasteiger partial charge >= 0.3 is 0 Å². The molecule has 0 radical (unpaired) electrons. The summed E-state index contributed by atoms with van der Waals surface area (Å²) in [7, 11) is 1.65. The fourth-order valence-electron chi connectivity index (χ4n) is 1.05. The minimum Gasteiger partial charge on any atom is -0.497 e. The summed E-state index contributed by atoms with van der Waals surface area (Å²) in [4.78, 5) is 0. The van der Waals surface area contributed by atoms with Crippen LogP contribution in [-0.4, -0.2) is 18.1 Å². The summed E-state index contributed by atoms with van der Waals surface area (Å²) < 4.78 is 10.4. The Morgan fingerprint density at radius 1 is 1.36 bits per heavy atom. The van der Waals surface area contributed by atoms with Crippen molar-refractivity contribution in [3.05, 3.63) is 29.8 Å². The first kappa shape index (κ1) is 11.3. The molecule has 1 aromatic rings. The Hall–Kier alpha value is -0.740. The molecule has 0 spiro atoms. The van der Waals surface area contributed by atoms with Crippen LogP contribution in [0, 0.1) is 0 Å². The van der Waals surface area contributed by atoms with Gasteiger partial charge in [-0.1, -0.05) is 24.8 Å². The molecule has 0 aromatic heterocycles. The molecule has 0 bridgehead atoms. The largest absolute Gasteiger partial charge is 0.497 e. The highest BCUT2D eigenvalue weighted by molar-refractivity contribution is 8.10. The van der Waals surface area contributed by atoms with E-state index in [2.05, 4.69) is 24.8 Å². The van der Waals surface area contributed by atoms with E-state index in [-0.39, 0.29) is 0 Å². The second-order valence-electron chi connectivity index (χ2n) is 2.71. The molecule has 76 valence electrons. The van der Waals surface area contributed by atoms with Crippen molar-refractivity contribution in [3.63, 3.8) is 0 Å². The second-order valence-corrected chi connectivity index (χ2v) is 3.79. The quantitative estimate of drug-likeness (QED) is 0.631. The van der Waals surface area contributed by atoms with Crippen molar-refractivity contribution in [3.8, 4) is 5.75 Å². The molecule has 0 atom stereocenters. The Kier molecular flexibility index (Phi) is 4.76. The van der Waals surface area contributed by atoms with Gasteiger partial charge in [0, 0.05) is 6.42 Å². The lowest BCUT2D eigenvalue weighted by Gasteiger charge is -2.04. The van der Waals surface area contributed by atoms with Crippen molar-refractivity contribution >= 4 is 29.2 Å². The first-order valence-corrected chi connectivity index (χ1v) is 5.06. The number of benzene rings is 1. The molecule has 0 aliphatic rings. The number of thiocarbonyl (C=S) groups is 1. The summed E-state index contributed by atoms with van der Waals surface area (Å²) in [5.41, 5.74) is 1.19. The molecule has 4 heteroatoms. The molecule has 0 N–H and O–H groups in total. The molecule has 2 nitrogen and oxygen atoms in total. The summed E-state index contributed by atoms with van der Waals surface area (Å²) in [6, 6.07) is 7.86. The lowest BCUT2D eigenvalue weighted by atomic mass is 10.1. The van der Waals surface area contributed by atoms with E-state index >= 15 is 0 Å². The molecule has 0 saturated carbocycles. The third kappa shape index (κ3) is 3.98. The van der Waals surface area contributed by atoms with Gasteiger partial charge in [-0.3, -0.25) is 0 Å². The van der Waals surface area contributed by atoms with Gasteiger partial charge in [-0.25, -0.2) is 0 Å². The Morgan fingerprint density at radius 2 is 2.00 bits per heavy atom. The maximum atomic E-state index is 5.07. The van der Waals surface area contributed by atoms with Gasteiger partial charge in [0.05, 0.1) is 13.7 Å². The predicted octanol–water partition coefficient (Wildman–Crippen LogP) is 2.47. The molecule has 1 aromatic carbocycles. The molecule has 14 heavy (non-hydrogen) atoms. The normalized spacial score (nSPS) is 9.57. The van der Waals surface area contributed by atoms with Gasteiger partial charge in [-0.05, 0) is 29.9 Å². The Balaban J connectivity index is 2.40. The van der Waals surface area contributed by atoms with Gasteiger partial charge in [0.2, 0.25) is 4.38 Å². The Bertz CT molecular complexity index is 295. The fourth-order valence-corrected chi connectivity index (χ4v) is 1.22. The minimum atomic E-state index is 0.290. The summed E-state index contributed by atoms with van der Waals surface area (Å²) in [6.07, 6.45) is 0.824. The van der Waals surface area contributed by atoms with Gasteiger partial charge in [0.1, 0.15) is 5.75 Å². The van der Waals surface area contributed by atoms with Crippen LogP contribution in [0.3, 0.4) is 0 Å². The van der Waals surface area contributed by atoms with Crippen molar-refractivity contribution < 1.29 is 9.47 Å². The van der Waals surface area contributed by atoms with Gasteiger partial charge in [0.15, 0.2) is 0 Å². The van der Waals surface area contributed by atoms with E-state index in [0.29, 0.717) is 11.0 Å². The fraction of sp³-hybridized carbons (Fsp3) is 0.300. The predicted molar refractivity (Wildman–Crippen MR) is 64.2 cm³/mol. The first-order valence-electron chi connectivity index (χ1n) is 4.21. The third-order valence-corrected chi connectivity index (χ3v) is 2.02. The Morgan fingerprint density at radius 3 is 2.50 bits per heavy atom. The molecule has 0 heterocycles. The van der Waals surface area contributed by atoms with Crippen LogP contribution in [0.25, 0.3) is 0 Å². The molecular formula is C10H12O2S2. The first-order chi connectivity index (χ1) is 6.72. The number of thiol groups is 1. The zero-order valence-electron chi connectivity index (χ0n) is 7.90. The highest BCUT2D eigenvalue weighted by atomic mass is 32.1. The summed E-state index contributed by atoms with van der Waals surface area (Å²) >= 11 is 8.54. The molecule has 0 amide bonds. The summed E-state index contributed by atoms with van der Waals surface area (Å²) in [5, 5.41) is 0. The number of hydrogen-bond acceptors (Lipinski definition) is 3. The van der Waals surface area contributed by atoms with E-state index in [9.17, 15) is 0 Å². The van der Waals surface area contributed by atoms with Crippen molar-refractivity contribution in [2.75, 3.05) is 13.7 Å². The average molecular weight is 228 g/mol. The third-order valence-electron chi connectivity index (χ3n) is 1.78. The van der Waals surface area contributed by atoms with Crippen LogP contribution in [0.15, 0.2) is 24.3 Å². The zero-order chi connectivity index (χ0) is 10.4. The van der Waals surface area contributed by atoms with Gasteiger partial charge in [0.25, 0.3) is 0 Å². The van der Waals surface area contributed by atoms with Crippen molar-refractivity contribution in [1.82, 2.24) is 0 Å². The number of methoxy groups -OCH3 is 1. The van der Waals surface area contributed by atoms with E-state index in [1.54, 1.807) is 7.11 Å². The van der Waals surface area contributed by atoms with E-state index in [1.165, 1.54) is 5.56 Å². The zero-order valence-corrected chi connectivity index (χ0v) is 9.61. The number of hydrogen-bond donors (Lipinski definition) is 1. The van der Waals surface area contributed by atoms with Gasteiger partial charge in [-0.2, -0.15) is 0 Å². The standard InChI is InChI=1S/C10H12O2S2/c1-11-9-4-2-8(3-5-9)6-7-12-10(13)14/h2-5H,6-7H2,1H3,(H,13,14). The van der Waals surface area contributed by atoms with Crippen molar-refractivity contribution in [1.29, 1.82) is 0 Å². The van der Waals surface area contributed by atoms with Crippen LogP contribution in [-0.2, 0) is 11.2 Å². The summed E-state index contributed by atoms with van der Waals surface area (Å²) in [5.74, 6) is 0.861. The molecule has 0 saturated heterocycles. The van der Waals surface area contributed by atoms with Gasteiger partial charge in [-0.15, -0.1) is 0 Å². The highest BCUT2D eigenvalue weighted by Gasteiger charge is 1.95. The molecular weight excluding hydrogens is 216 g/mol. The summed E-state index contributed by atoms with van der Waals surface area (Å²) in [6.45, 7) is 0.564. The van der Waals surface area contributed by atoms with E-state index in [0.717, 1.165) is 12.2 Å². The number of rotatable bonds is 4.